The molecule has 0 saturated heterocycles. The maximum atomic E-state index is 9.63. The number of amides is 1. The Morgan fingerprint density at radius 2 is 1.26 bits per heavy atom. The van der Waals surface area contributed by atoms with Crippen molar-refractivity contribution in [2.24, 2.45) is 21.1 Å². The van der Waals surface area contributed by atoms with Gasteiger partial charge in [-0.1, -0.05) is 12.8 Å². The minimum atomic E-state index is -1.11. The Morgan fingerprint density at radius 3 is 1.41 bits per heavy atom. The Hall–Kier alpha value is -2.13. The predicted molar refractivity (Wildman–Crippen MR) is 96.4 cm³/mol. The second-order valence-electron chi connectivity index (χ2n) is 5.24. The standard InChI is InChI=1S/C8H12N2O2.C5H12O4.C3H7NO2/c11-7-9-5-3-1-2-4-6-10-8-12;6-1-5(2-7,3-8)4-9;1-2-6-3(4)5/h1-6H2;6-9H,1-4H2;2H2,1H3,(H2,4,5). The van der Waals surface area contributed by atoms with Gasteiger partial charge in [0.1, 0.15) is 0 Å². The molecular weight excluding hydrogens is 362 g/mol. The van der Waals surface area contributed by atoms with Crippen LogP contribution in [0.5, 0.6) is 0 Å². The van der Waals surface area contributed by atoms with E-state index in [-0.39, 0.29) is 0 Å². The Balaban J connectivity index is -0.000000340. The number of primary amides is 1. The van der Waals surface area contributed by atoms with E-state index in [0.717, 1.165) is 25.7 Å². The highest BCUT2D eigenvalue weighted by Crippen LogP contribution is 2.11. The molecule has 0 aliphatic rings. The fourth-order valence-electron chi connectivity index (χ4n) is 1.27. The summed E-state index contributed by atoms with van der Waals surface area (Å²) in [5.74, 6) is 0. The second-order valence-corrected chi connectivity index (χ2v) is 5.24. The zero-order valence-electron chi connectivity index (χ0n) is 15.7. The molecule has 0 bridgehead atoms. The van der Waals surface area contributed by atoms with E-state index in [1.54, 1.807) is 6.92 Å². The van der Waals surface area contributed by atoms with Gasteiger partial charge in [0.2, 0.25) is 12.2 Å². The summed E-state index contributed by atoms with van der Waals surface area (Å²) in [5, 5.41) is 34.0. The average molecular weight is 393 g/mol. The van der Waals surface area contributed by atoms with Crippen LogP contribution in [0, 0.1) is 5.41 Å². The predicted octanol–water partition coefficient (Wildman–Crippen LogP) is -0.738. The maximum absolute atomic E-state index is 9.63. The number of carbonyl (C=O) groups excluding carboxylic acids is 3. The lowest BCUT2D eigenvalue weighted by Crippen LogP contribution is -2.37. The number of aliphatic hydroxyl groups excluding tert-OH is 4. The third-order valence-electron chi connectivity index (χ3n) is 3.05. The summed E-state index contributed by atoms with van der Waals surface area (Å²) in [6, 6.07) is 0. The highest BCUT2D eigenvalue weighted by molar-refractivity contribution is 5.64. The summed E-state index contributed by atoms with van der Waals surface area (Å²) in [5.41, 5.74) is 3.43. The number of carbonyl (C=O) groups is 1. The molecule has 6 N–H and O–H groups in total. The number of isocyanates is 2. The maximum Gasteiger partial charge on any atom is 0.404 e. The molecule has 0 fully saturated rings. The van der Waals surface area contributed by atoms with Crippen LogP contribution in [0.15, 0.2) is 9.98 Å². The molecule has 0 unspecified atom stereocenters. The lowest BCUT2D eigenvalue weighted by Gasteiger charge is -2.23. The van der Waals surface area contributed by atoms with Crippen molar-refractivity contribution in [3.05, 3.63) is 0 Å². The van der Waals surface area contributed by atoms with E-state index in [2.05, 4.69) is 20.5 Å². The van der Waals surface area contributed by atoms with Gasteiger partial charge in [-0.3, -0.25) is 0 Å². The highest BCUT2D eigenvalue weighted by atomic mass is 16.5. The van der Waals surface area contributed by atoms with E-state index in [1.807, 2.05) is 0 Å². The monoisotopic (exact) mass is 393 g/mol. The van der Waals surface area contributed by atoms with E-state index < -0.39 is 37.9 Å². The molecule has 11 nitrogen and oxygen atoms in total. The normalized spacial score (nSPS) is 9.37. The summed E-state index contributed by atoms with van der Waals surface area (Å²) in [6.45, 7) is 1.54. The third-order valence-corrected chi connectivity index (χ3v) is 3.05. The summed E-state index contributed by atoms with van der Waals surface area (Å²) >= 11 is 0. The molecule has 27 heavy (non-hydrogen) atoms. The Bertz CT molecular complexity index is 392. The quantitative estimate of drug-likeness (QED) is 0.162. The molecule has 1 amide bonds. The second kappa shape index (κ2) is 23.9. The number of nitrogens with zero attached hydrogens (tertiary/aromatic N) is 2. The lowest BCUT2D eigenvalue weighted by molar-refractivity contribution is -0.0328. The van der Waals surface area contributed by atoms with Crippen molar-refractivity contribution in [1.82, 2.24) is 0 Å². The number of rotatable bonds is 12. The summed E-state index contributed by atoms with van der Waals surface area (Å²) in [4.78, 5) is 35.7. The Morgan fingerprint density at radius 1 is 0.889 bits per heavy atom. The van der Waals surface area contributed by atoms with Crippen LogP contribution in [0.2, 0.25) is 0 Å². The van der Waals surface area contributed by atoms with Gasteiger partial charge in [-0.2, -0.15) is 0 Å². The van der Waals surface area contributed by atoms with Crippen LogP contribution in [-0.4, -0.2) is 84.8 Å². The number of nitrogens with two attached hydrogens (primary N) is 1. The molecule has 0 aromatic carbocycles. The summed E-state index contributed by atoms with van der Waals surface area (Å²) < 4.78 is 4.18. The number of unbranched alkanes of at least 4 members (excludes halogenated alkanes) is 3. The van der Waals surface area contributed by atoms with Crippen LogP contribution in [-0.2, 0) is 14.3 Å². The van der Waals surface area contributed by atoms with Crippen molar-refractivity contribution < 1.29 is 39.5 Å². The fourth-order valence-corrected chi connectivity index (χ4v) is 1.27. The molecule has 0 rings (SSSR count). The van der Waals surface area contributed by atoms with Gasteiger partial charge in [-0.25, -0.2) is 24.4 Å². The van der Waals surface area contributed by atoms with Gasteiger partial charge < -0.3 is 30.9 Å². The number of hydrogen-bond acceptors (Lipinski definition) is 10. The topological polar surface area (TPSA) is 192 Å². The smallest absolute Gasteiger partial charge is 0.404 e. The largest absolute Gasteiger partial charge is 0.450 e. The SMILES string of the molecule is CCOC(N)=O.O=C=NCCCCCCN=C=O.OCC(CO)(CO)CO. The van der Waals surface area contributed by atoms with Crippen LogP contribution in [0.1, 0.15) is 32.6 Å². The van der Waals surface area contributed by atoms with E-state index in [9.17, 15) is 14.4 Å². The van der Waals surface area contributed by atoms with Gasteiger partial charge in [-0.15, -0.1) is 0 Å². The molecule has 0 aromatic heterocycles. The molecule has 0 aliphatic carbocycles. The molecule has 0 radical (unpaired) electrons. The third kappa shape index (κ3) is 23.9. The molecule has 0 saturated carbocycles. The minimum absolute atomic E-state index is 0.356. The minimum Gasteiger partial charge on any atom is -0.450 e. The van der Waals surface area contributed by atoms with Crippen molar-refractivity contribution in [3.63, 3.8) is 0 Å². The lowest BCUT2D eigenvalue weighted by atomic mass is 9.93. The molecular formula is C16H31N3O8. The first kappa shape index (κ1) is 29.6. The first-order chi connectivity index (χ1) is 12.9. The molecule has 0 aliphatic heterocycles. The van der Waals surface area contributed by atoms with Crippen molar-refractivity contribution in [3.8, 4) is 0 Å². The number of aliphatic hydroxyl groups is 4. The molecule has 0 aromatic rings. The fraction of sp³-hybridized carbons (Fsp3) is 0.812. The van der Waals surface area contributed by atoms with Gasteiger partial charge in [0, 0.05) is 0 Å². The van der Waals surface area contributed by atoms with Crippen LogP contribution < -0.4 is 5.73 Å². The zero-order valence-corrected chi connectivity index (χ0v) is 15.7. The van der Waals surface area contributed by atoms with Gasteiger partial charge in [0.25, 0.3) is 0 Å². The summed E-state index contributed by atoms with van der Waals surface area (Å²) in [7, 11) is 0. The van der Waals surface area contributed by atoms with E-state index in [0.29, 0.717) is 19.7 Å². The van der Waals surface area contributed by atoms with Crippen LogP contribution in [0.3, 0.4) is 0 Å². The molecule has 0 heterocycles. The van der Waals surface area contributed by atoms with Crippen LogP contribution in [0.25, 0.3) is 0 Å². The first-order valence-corrected chi connectivity index (χ1v) is 8.36. The van der Waals surface area contributed by atoms with Crippen LogP contribution >= 0.6 is 0 Å². The van der Waals surface area contributed by atoms with Crippen molar-refractivity contribution in [2.75, 3.05) is 46.1 Å². The Kier molecular flexibility index (Phi) is 26.2. The van der Waals surface area contributed by atoms with Crippen molar-refractivity contribution in [2.45, 2.75) is 32.6 Å². The Labute approximate surface area is 158 Å². The van der Waals surface area contributed by atoms with E-state index in [1.165, 1.54) is 12.2 Å². The average Bonchev–Trinajstić information content (AvgIpc) is 2.67. The summed E-state index contributed by atoms with van der Waals surface area (Å²) in [6.07, 6.45) is 6.09. The first-order valence-electron chi connectivity index (χ1n) is 8.36. The van der Waals surface area contributed by atoms with Crippen molar-refractivity contribution in [1.29, 1.82) is 0 Å². The van der Waals surface area contributed by atoms with Gasteiger partial charge >= 0.3 is 6.09 Å². The van der Waals surface area contributed by atoms with Gasteiger partial charge in [-0.05, 0) is 19.8 Å². The molecule has 11 heteroatoms. The van der Waals surface area contributed by atoms with Gasteiger partial charge in [0.05, 0.1) is 51.5 Å². The van der Waals surface area contributed by atoms with E-state index in [4.69, 9.17) is 20.4 Å². The van der Waals surface area contributed by atoms with Crippen LogP contribution in [0.4, 0.5) is 4.79 Å². The molecule has 0 atom stereocenters. The number of aliphatic imine (C=N–C) groups is 2. The number of hydrogen-bond donors (Lipinski definition) is 5. The zero-order chi connectivity index (χ0) is 21.4. The highest BCUT2D eigenvalue weighted by Gasteiger charge is 2.26. The van der Waals surface area contributed by atoms with Crippen molar-refractivity contribution >= 4 is 18.3 Å². The number of ether oxygens (including phenoxy) is 1. The van der Waals surface area contributed by atoms with Gasteiger partial charge in [0.15, 0.2) is 0 Å². The molecule has 158 valence electrons. The molecule has 0 spiro atoms. The van der Waals surface area contributed by atoms with E-state index >= 15 is 0 Å².